The molecule has 4 rings (SSSR count). The zero-order valence-corrected chi connectivity index (χ0v) is 23.3. The number of rotatable bonds is 12. The van der Waals surface area contributed by atoms with Gasteiger partial charge in [-0.15, -0.1) is 0 Å². The van der Waals surface area contributed by atoms with Crippen LogP contribution in [0.25, 0.3) is 11.5 Å². The van der Waals surface area contributed by atoms with E-state index in [4.69, 9.17) is 28.7 Å². The first-order valence-electron chi connectivity index (χ1n) is 13.6. The molecular formula is C30H37N3O7. The van der Waals surface area contributed by atoms with Gasteiger partial charge in [0.15, 0.2) is 0 Å². The summed E-state index contributed by atoms with van der Waals surface area (Å²) in [7, 11) is 0. The van der Waals surface area contributed by atoms with Crippen LogP contribution in [0.3, 0.4) is 0 Å². The fourth-order valence-corrected chi connectivity index (χ4v) is 4.45. The van der Waals surface area contributed by atoms with Crippen LogP contribution in [-0.4, -0.2) is 61.2 Å². The third kappa shape index (κ3) is 8.22. The summed E-state index contributed by atoms with van der Waals surface area (Å²) >= 11 is 0. The quantitative estimate of drug-likeness (QED) is 0.328. The second kappa shape index (κ2) is 13.8. The summed E-state index contributed by atoms with van der Waals surface area (Å²) in [6, 6.07) is 13.7. The van der Waals surface area contributed by atoms with E-state index in [-0.39, 0.29) is 19.1 Å². The predicted octanol–water partition coefficient (Wildman–Crippen LogP) is 4.76. The maximum atomic E-state index is 12.0. The number of hydrogen-bond acceptors (Lipinski definition) is 8. The third-order valence-electron chi connectivity index (χ3n) is 6.54. The van der Waals surface area contributed by atoms with E-state index in [0.717, 1.165) is 60.1 Å². The summed E-state index contributed by atoms with van der Waals surface area (Å²) in [5.41, 5.74) is 4.50. The lowest BCUT2D eigenvalue weighted by molar-refractivity contribution is -0.136. The maximum absolute atomic E-state index is 12.0. The van der Waals surface area contributed by atoms with Gasteiger partial charge in [0.05, 0.1) is 31.6 Å². The molecule has 0 radical (unpaired) electrons. The number of alkyl carbamates (subject to hydrolysis) is 1. The van der Waals surface area contributed by atoms with Crippen LogP contribution in [0.15, 0.2) is 46.9 Å². The molecule has 10 heteroatoms. The first-order valence-corrected chi connectivity index (χ1v) is 13.6. The Kier molecular flexibility index (Phi) is 10.0. The average Bonchev–Trinajstić information content (AvgIpc) is 3.31. The van der Waals surface area contributed by atoms with Crippen LogP contribution in [0.4, 0.5) is 10.5 Å². The van der Waals surface area contributed by atoms with Gasteiger partial charge in [0, 0.05) is 43.7 Å². The zero-order chi connectivity index (χ0) is 28.5. The molecule has 0 spiro atoms. The van der Waals surface area contributed by atoms with Crippen molar-refractivity contribution in [2.24, 2.45) is 0 Å². The second-order valence-electron chi connectivity index (χ2n) is 9.90. The van der Waals surface area contributed by atoms with Crippen LogP contribution >= 0.6 is 0 Å². The number of aliphatic carboxylic acids is 1. The molecule has 0 unspecified atom stereocenters. The van der Waals surface area contributed by atoms with E-state index in [1.165, 1.54) is 0 Å². The second-order valence-corrected chi connectivity index (χ2v) is 9.90. The number of nitrogens with one attached hydrogen (secondary N) is 1. The molecule has 1 aliphatic heterocycles. The summed E-state index contributed by atoms with van der Waals surface area (Å²) in [4.78, 5) is 30.0. The van der Waals surface area contributed by atoms with Crippen LogP contribution in [0.5, 0.6) is 5.75 Å². The molecule has 1 aromatic heterocycles. The van der Waals surface area contributed by atoms with Gasteiger partial charge in [-0.25, -0.2) is 9.78 Å². The Morgan fingerprint density at radius 1 is 1.07 bits per heavy atom. The highest BCUT2D eigenvalue weighted by atomic mass is 16.6. The minimum absolute atomic E-state index is 0.00659. The zero-order valence-electron chi connectivity index (χ0n) is 23.3. The number of carboxylic acid groups (broad SMARTS) is 1. The third-order valence-corrected chi connectivity index (χ3v) is 6.54. The van der Waals surface area contributed by atoms with E-state index in [1.54, 1.807) is 13.8 Å². The molecule has 1 aliphatic rings. The van der Waals surface area contributed by atoms with E-state index in [0.29, 0.717) is 31.1 Å². The smallest absolute Gasteiger partial charge is 0.407 e. The van der Waals surface area contributed by atoms with E-state index in [9.17, 15) is 9.59 Å². The molecule has 1 fully saturated rings. The van der Waals surface area contributed by atoms with Crippen molar-refractivity contribution in [3.63, 3.8) is 0 Å². The molecule has 0 bridgehead atoms. The molecule has 1 saturated heterocycles. The number of oxazole rings is 1. The van der Waals surface area contributed by atoms with Crippen LogP contribution in [0, 0.1) is 6.92 Å². The summed E-state index contributed by atoms with van der Waals surface area (Å²) in [6.07, 6.45) is 0.124. The Morgan fingerprint density at radius 3 is 2.52 bits per heavy atom. The molecule has 214 valence electrons. The van der Waals surface area contributed by atoms with Gasteiger partial charge in [-0.3, -0.25) is 4.79 Å². The number of morpholine rings is 1. The molecule has 2 heterocycles. The van der Waals surface area contributed by atoms with Gasteiger partial charge in [-0.2, -0.15) is 0 Å². The van der Waals surface area contributed by atoms with Crippen molar-refractivity contribution < 1.29 is 33.3 Å². The average molecular weight is 552 g/mol. The molecule has 0 aliphatic carbocycles. The Balaban J connectivity index is 1.36. The topological polar surface area (TPSA) is 123 Å². The number of hydrogen-bond donors (Lipinski definition) is 2. The first kappa shape index (κ1) is 28.9. The first-order chi connectivity index (χ1) is 19.3. The van der Waals surface area contributed by atoms with E-state index in [1.807, 2.05) is 37.3 Å². The predicted molar refractivity (Wildman–Crippen MR) is 150 cm³/mol. The monoisotopic (exact) mass is 551 g/mol. The minimum atomic E-state index is -0.881. The molecule has 0 atom stereocenters. The molecule has 40 heavy (non-hydrogen) atoms. The number of benzene rings is 2. The maximum Gasteiger partial charge on any atom is 0.407 e. The number of nitrogens with zero attached hydrogens (tertiary/aromatic N) is 2. The number of carbonyl (C=O) groups is 2. The van der Waals surface area contributed by atoms with Crippen LogP contribution in [-0.2, 0) is 33.7 Å². The van der Waals surface area contributed by atoms with Gasteiger partial charge >= 0.3 is 12.1 Å². The van der Waals surface area contributed by atoms with Crippen molar-refractivity contribution in [2.75, 3.05) is 37.8 Å². The highest BCUT2D eigenvalue weighted by Gasteiger charge is 2.15. The van der Waals surface area contributed by atoms with Crippen molar-refractivity contribution in [2.45, 2.75) is 52.7 Å². The van der Waals surface area contributed by atoms with Gasteiger partial charge in [0.1, 0.15) is 11.5 Å². The molecule has 3 aromatic rings. The molecular weight excluding hydrogens is 514 g/mol. The Morgan fingerprint density at radius 2 is 1.82 bits per heavy atom. The minimum Gasteiger partial charge on any atom is -0.493 e. The fourth-order valence-electron chi connectivity index (χ4n) is 4.45. The van der Waals surface area contributed by atoms with Crippen molar-refractivity contribution in [3.05, 3.63) is 65.0 Å². The number of aromatic nitrogens is 1. The number of amides is 1. The van der Waals surface area contributed by atoms with Crippen molar-refractivity contribution in [3.8, 4) is 17.2 Å². The SMILES string of the molecule is Cc1oc(-c2ccc(N3CCOCC3)cc2)nc1CCOc1ccc(CCC(=O)O)c(CNC(=O)OC(C)C)c1. The largest absolute Gasteiger partial charge is 0.493 e. The number of carbonyl (C=O) groups excluding carboxylic acids is 1. The van der Waals surface area contributed by atoms with Crippen molar-refractivity contribution in [1.82, 2.24) is 10.3 Å². The molecule has 2 N–H and O–H groups in total. The summed E-state index contributed by atoms with van der Waals surface area (Å²) in [5.74, 6) is 1.06. The Hall–Kier alpha value is -4.05. The lowest BCUT2D eigenvalue weighted by Crippen LogP contribution is -2.36. The lowest BCUT2D eigenvalue weighted by atomic mass is 10.0. The summed E-state index contributed by atoms with van der Waals surface area (Å²) in [6.45, 7) is 9.27. The van der Waals surface area contributed by atoms with Crippen LogP contribution < -0.4 is 15.0 Å². The number of aryl methyl sites for hydroxylation is 2. The molecule has 2 aromatic carbocycles. The molecule has 10 nitrogen and oxygen atoms in total. The number of ether oxygens (including phenoxy) is 3. The van der Waals surface area contributed by atoms with Gasteiger partial charge < -0.3 is 34.0 Å². The number of anilines is 1. The van der Waals surface area contributed by atoms with Gasteiger partial charge in [0.25, 0.3) is 0 Å². The van der Waals surface area contributed by atoms with Gasteiger partial charge in [-0.05, 0) is 74.7 Å². The van der Waals surface area contributed by atoms with Crippen LogP contribution in [0.1, 0.15) is 42.8 Å². The van der Waals surface area contributed by atoms with Gasteiger partial charge in [-0.1, -0.05) is 6.07 Å². The fraction of sp³-hybridized carbons (Fsp3) is 0.433. The highest BCUT2D eigenvalue weighted by molar-refractivity contribution is 5.68. The summed E-state index contributed by atoms with van der Waals surface area (Å²) < 4.78 is 22.5. The van der Waals surface area contributed by atoms with Gasteiger partial charge in [0.2, 0.25) is 5.89 Å². The molecule has 1 amide bonds. The van der Waals surface area contributed by atoms with Crippen molar-refractivity contribution in [1.29, 1.82) is 0 Å². The highest BCUT2D eigenvalue weighted by Crippen LogP contribution is 2.26. The standard InChI is InChI=1S/C30H37N3O7/c1-20(2)39-30(36)31-19-24-18-26(10-6-22(24)7-11-28(34)35)38-15-12-27-21(3)40-29(32-27)23-4-8-25(9-5-23)33-13-16-37-17-14-33/h4-6,8-10,18,20H,7,11-17,19H2,1-3H3,(H,31,36)(H,34,35). The Labute approximate surface area is 234 Å². The van der Waals surface area contributed by atoms with Crippen LogP contribution in [0.2, 0.25) is 0 Å². The van der Waals surface area contributed by atoms with E-state index >= 15 is 0 Å². The lowest BCUT2D eigenvalue weighted by Gasteiger charge is -2.28. The van der Waals surface area contributed by atoms with E-state index in [2.05, 4.69) is 22.3 Å². The number of carboxylic acids is 1. The van der Waals surface area contributed by atoms with E-state index < -0.39 is 12.1 Å². The molecule has 0 saturated carbocycles. The van der Waals surface area contributed by atoms with Crippen molar-refractivity contribution >= 4 is 17.7 Å². The summed E-state index contributed by atoms with van der Waals surface area (Å²) in [5, 5.41) is 11.8. The normalized spacial score (nSPS) is 13.3. The Bertz CT molecular complexity index is 1280.